The molecule has 0 saturated carbocycles. The lowest BCUT2D eigenvalue weighted by Crippen LogP contribution is -2.00. The highest BCUT2D eigenvalue weighted by molar-refractivity contribution is 6.14. The van der Waals surface area contributed by atoms with Crippen molar-refractivity contribution in [2.45, 2.75) is 6.92 Å². The van der Waals surface area contributed by atoms with Crippen LogP contribution in [0.2, 0.25) is 0 Å². The summed E-state index contributed by atoms with van der Waals surface area (Å²) in [6.45, 7) is 1.99. The van der Waals surface area contributed by atoms with Crippen molar-refractivity contribution in [3.05, 3.63) is 77.0 Å². The van der Waals surface area contributed by atoms with E-state index >= 15 is 0 Å². The summed E-state index contributed by atoms with van der Waals surface area (Å²) in [6.07, 6.45) is 1.70. The fraction of sp³-hybridized carbons (Fsp3) is 0.0588. The maximum absolute atomic E-state index is 11.9. The molecule has 0 aromatic heterocycles. The molecule has 1 aliphatic rings. The van der Waals surface area contributed by atoms with E-state index < -0.39 is 0 Å². The van der Waals surface area contributed by atoms with E-state index in [0.29, 0.717) is 5.90 Å². The quantitative estimate of drug-likeness (QED) is 0.779. The summed E-state index contributed by atoms with van der Waals surface area (Å²) in [4.78, 5) is 15.8. The highest BCUT2D eigenvalue weighted by Gasteiger charge is 2.23. The molecule has 2 aromatic carbocycles. The average Bonchev–Trinajstić information content (AvgIpc) is 2.81. The normalized spacial score (nSPS) is 16.1. The number of hydrogen-bond donors (Lipinski definition) is 0. The maximum Gasteiger partial charge on any atom is 0.316 e. The minimum absolute atomic E-state index is 0.257. The molecule has 20 heavy (non-hydrogen) atoms. The molecule has 0 N–H and O–H groups in total. The third-order valence-electron chi connectivity index (χ3n) is 2.98. The lowest BCUT2D eigenvalue weighted by Gasteiger charge is -2.02. The third kappa shape index (κ3) is 2.52. The van der Waals surface area contributed by atoms with E-state index in [1.807, 2.05) is 61.5 Å². The van der Waals surface area contributed by atoms with Crippen molar-refractivity contribution in [2.75, 3.05) is 0 Å². The van der Waals surface area contributed by atoms with E-state index in [0.717, 1.165) is 16.7 Å². The second-order valence-corrected chi connectivity index (χ2v) is 4.61. The molecule has 0 unspecified atom stereocenters. The van der Waals surface area contributed by atoms with Crippen molar-refractivity contribution in [1.29, 1.82) is 0 Å². The van der Waals surface area contributed by atoms with E-state index in [9.17, 15) is 4.79 Å². The van der Waals surface area contributed by atoms with Gasteiger partial charge in [-0.3, -0.25) is 4.79 Å². The zero-order valence-corrected chi connectivity index (χ0v) is 11.0. The number of aryl methyl sites for hydroxylation is 1. The zero-order chi connectivity index (χ0) is 13.9. The maximum atomic E-state index is 11.9. The zero-order valence-electron chi connectivity index (χ0n) is 11.0. The van der Waals surface area contributed by atoms with E-state index in [4.69, 9.17) is 4.74 Å². The fourth-order valence-electron chi connectivity index (χ4n) is 2.01. The van der Waals surface area contributed by atoms with Gasteiger partial charge in [0.2, 0.25) is 5.90 Å². The van der Waals surface area contributed by atoms with Crippen LogP contribution in [0.25, 0.3) is 6.08 Å². The molecule has 3 nitrogen and oxygen atoms in total. The number of amides is 1. The molecule has 0 spiro atoms. The van der Waals surface area contributed by atoms with Crippen molar-refractivity contribution in [3.63, 3.8) is 0 Å². The summed E-state index contributed by atoms with van der Waals surface area (Å²) in [5.41, 5.74) is 2.83. The molecule has 2 aromatic rings. The summed E-state index contributed by atoms with van der Waals surface area (Å²) in [5, 5.41) is 0. The molecule has 1 amide bonds. The van der Waals surface area contributed by atoms with Gasteiger partial charge in [0.25, 0.3) is 0 Å². The molecule has 0 bridgehead atoms. The fourth-order valence-corrected chi connectivity index (χ4v) is 2.01. The molecule has 1 heterocycles. The van der Waals surface area contributed by atoms with Crippen LogP contribution in [0.3, 0.4) is 0 Å². The molecule has 3 rings (SSSR count). The summed E-state index contributed by atoms with van der Waals surface area (Å²) in [6, 6.07) is 17.3. The minimum Gasteiger partial charge on any atom is -0.432 e. The van der Waals surface area contributed by atoms with Crippen molar-refractivity contribution >= 4 is 17.9 Å². The van der Waals surface area contributed by atoms with Crippen LogP contribution in [-0.4, -0.2) is 11.8 Å². The first-order valence-electron chi connectivity index (χ1n) is 6.37. The Balaban J connectivity index is 1.88. The van der Waals surface area contributed by atoms with Gasteiger partial charge in [-0.05, 0) is 30.7 Å². The number of ether oxygens (including phenoxy) is 1. The number of carbonyl (C=O) groups is 1. The minimum atomic E-state index is -0.342. The van der Waals surface area contributed by atoms with Gasteiger partial charge in [0, 0.05) is 5.56 Å². The van der Waals surface area contributed by atoms with Gasteiger partial charge >= 0.3 is 5.91 Å². The lowest BCUT2D eigenvalue weighted by molar-refractivity contribution is -0.115. The van der Waals surface area contributed by atoms with Crippen LogP contribution < -0.4 is 0 Å². The number of carbonyl (C=O) groups excluding carboxylic acids is 1. The number of benzene rings is 2. The van der Waals surface area contributed by atoms with Gasteiger partial charge in [-0.25, -0.2) is 0 Å². The highest BCUT2D eigenvalue weighted by Crippen LogP contribution is 2.19. The van der Waals surface area contributed by atoms with Gasteiger partial charge < -0.3 is 4.74 Å². The first kappa shape index (κ1) is 12.4. The van der Waals surface area contributed by atoms with Gasteiger partial charge in [0.15, 0.2) is 5.76 Å². The Kier molecular flexibility index (Phi) is 3.17. The van der Waals surface area contributed by atoms with Crippen LogP contribution in [0, 0.1) is 6.92 Å². The summed E-state index contributed by atoms with van der Waals surface area (Å²) in [7, 11) is 0. The Hall–Kier alpha value is -2.68. The second-order valence-electron chi connectivity index (χ2n) is 4.61. The molecule has 0 fully saturated rings. The molecular weight excluding hydrogens is 250 g/mol. The van der Waals surface area contributed by atoms with E-state index in [1.54, 1.807) is 6.08 Å². The molecule has 98 valence electrons. The Morgan fingerprint density at radius 3 is 2.60 bits per heavy atom. The SMILES string of the molecule is Cc1cccc(C2=NC(=O)/C(=C/c3ccccc3)O2)c1. The molecule has 3 heteroatoms. The smallest absolute Gasteiger partial charge is 0.316 e. The van der Waals surface area contributed by atoms with Crippen molar-refractivity contribution in [1.82, 2.24) is 0 Å². The van der Waals surface area contributed by atoms with Gasteiger partial charge in [-0.1, -0.05) is 48.0 Å². The molecule has 0 aliphatic carbocycles. The van der Waals surface area contributed by atoms with Crippen molar-refractivity contribution in [3.8, 4) is 0 Å². The van der Waals surface area contributed by atoms with Crippen LogP contribution >= 0.6 is 0 Å². The van der Waals surface area contributed by atoms with Crippen molar-refractivity contribution in [2.24, 2.45) is 4.99 Å². The van der Waals surface area contributed by atoms with Crippen LogP contribution in [0.15, 0.2) is 65.3 Å². The Labute approximate surface area is 117 Å². The Bertz CT molecular complexity index is 715. The standard InChI is InChI=1S/C17H13NO2/c1-12-6-5-9-14(10-12)17-18-16(19)15(20-17)11-13-7-3-2-4-8-13/h2-11H,1H3/b15-11-. The predicted molar refractivity (Wildman–Crippen MR) is 78.2 cm³/mol. The predicted octanol–water partition coefficient (Wildman–Crippen LogP) is 3.34. The van der Waals surface area contributed by atoms with Gasteiger partial charge in [0.05, 0.1) is 0 Å². The number of rotatable bonds is 2. The largest absolute Gasteiger partial charge is 0.432 e. The Morgan fingerprint density at radius 1 is 1.05 bits per heavy atom. The van der Waals surface area contributed by atoms with Crippen LogP contribution in [0.1, 0.15) is 16.7 Å². The van der Waals surface area contributed by atoms with Crippen molar-refractivity contribution < 1.29 is 9.53 Å². The summed E-state index contributed by atoms with van der Waals surface area (Å²) >= 11 is 0. The topological polar surface area (TPSA) is 38.7 Å². The number of aliphatic imine (C=N–C) groups is 1. The molecule has 1 aliphatic heterocycles. The van der Waals surface area contributed by atoms with Crippen LogP contribution in [-0.2, 0) is 9.53 Å². The molecule has 0 atom stereocenters. The monoisotopic (exact) mass is 263 g/mol. The second kappa shape index (κ2) is 5.13. The van der Waals surface area contributed by atoms with E-state index in [-0.39, 0.29) is 11.7 Å². The van der Waals surface area contributed by atoms with Gasteiger partial charge in [-0.15, -0.1) is 0 Å². The molecular formula is C17H13NO2. The summed E-state index contributed by atoms with van der Waals surface area (Å²) < 4.78 is 5.58. The molecule has 0 saturated heterocycles. The number of hydrogen-bond acceptors (Lipinski definition) is 2. The first-order valence-corrected chi connectivity index (χ1v) is 6.37. The third-order valence-corrected chi connectivity index (χ3v) is 2.98. The van der Waals surface area contributed by atoms with E-state index in [2.05, 4.69) is 4.99 Å². The Morgan fingerprint density at radius 2 is 1.85 bits per heavy atom. The lowest BCUT2D eigenvalue weighted by atomic mass is 10.1. The molecule has 0 radical (unpaired) electrons. The van der Waals surface area contributed by atoms with Crippen LogP contribution in [0.5, 0.6) is 0 Å². The van der Waals surface area contributed by atoms with Crippen LogP contribution in [0.4, 0.5) is 0 Å². The number of nitrogens with zero attached hydrogens (tertiary/aromatic N) is 1. The highest BCUT2D eigenvalue weighted by atomic mass is 16.5. The first-order chi connectivity index (χ1) is 9.72. The van der Waals surface area contributed by atoms with E-state index in [1.165, 1.54) is 0 Å². The summed E-state index contributed by atoms with van der Waals surface area (Å²) in [5.74, 6) is 0.277. The van der Waals surface area contributed by atoms with Gasteiger partial charge in [-0.2, -0.15) is 4.99 Å². The average molecular weight is 263 g/mol. The van der Waals surface area contributed by atoms with Gasteiger partial charge in [0.1, 0.15) is 0 Å².